The molecule has 0 saturated carbocycles. The number of aromatic nitrogens is 1. The van der Waals surface area contributed by atoms with E-state index in [0.29, 0.717) is 11.3 Å². The Morgan fingerprint density at radius 1 is 1.35 bits per heavy atom. The van der Waals surface area contributed by atoms with Crippen molar-refractivity contribution in [2.24, 2.45) is 5.73 Å². The Bertz CT molecular complexity index is 610. The molecule has 0 spiro atoms. The van der Waals surface area contributed by atoms with Crippen LogP contribution in [-0.4, -0.2) is 16.9 Å². The van der Waals surface area contributed by atoms with Crippen molar-refractivity contribution in [2.75, 3.05) is 0 Å². The number of hydrogen-bond acceptors (Lipinski definition) is 5. The van der Waals surface area contributed by atoms with Crippen LogP contribution in [0.1, 0.15) is 22.4 Å². The summed E-state index contributed by atoms with van der Waals surface area (Å²) in [7, 11) is 0. The molecule has 20 heavy (non-hydrogen) atoms. The first-order chi connectivity index (χ1) is 9.56. The highest BCUT2D eigenvalue weighted by Gasteiger charge is 2.22. The quantitative estimate of drug-likeness (QED) is 0.851. The highest BCUT2D eigenvalue weighted by Crippen LogP contribution is 2.18. The Morgan fingerprint density at radius 2 is 2.05 bits per heavy atom. The zero-order valence-corrected chi connectivity index (χ0v) is 11.7. The molecule has 1 heterocycles. The minimum atomic E-state index is -1.07. The van der Waals surface area contributed by atoms with E-state index in [1.807, 2.05) is 6.92 Å². The van der Waals surface area contributed by atoms with Gasteiger partial charge in [-0.05, 0) is 6.92 Å². The van der Waals surface area contributed by atoms with E-state index in [1.54, 1.807) is 35.7 Å². The number of aryl methyl sites for hydroxylation is 1. The lowest BCUT2D eigenvalue weighted by Gasteiger charge is -2.14. The predicted octanol–water partition coefficient (Wildman–Crippen LogP) is 1.76. The normalized spacial score (nSPS) is 11.8. The summed E-state index contributed by atoms with van der Waals surface area (Å²) < 4.78 is 5.16. The van der Waals surface area contributed by atoms with Gasteiger partial charge < -0.3 is 10.5 Å². The Labute approximate surface area is 120 Å². The van der Waals surface area contributed by atoms with Crippen molar-refractivity contribution in [1.29, 1.82) is 0 Å². The van der Waals surface area contributed by atoms with E-state index in [9.17, 15) is 9.59 Å². The third-order valence-corrected chi connectivity index (χ3v) is 3.42. The first-order valence-electron chi connectivity index (χ1n) is 6.01. The molecule has 0 aliphatic carbocycles. The number of esters is 1. The largest absolute Gasteiger partial charge is 0.447 e. The van der Waals surface area contributed by atoms with Crippen LogP contribution >= 0.6 is 11.3 Å². The second-order valence-electron chi connectivity index (χ2n) is 4.22. The molecule has 104 valence electrons. The Balaban J connectivity index is 2.05. The monoisotopic (exact) mass is 290 g/mol. The summed E-state index contributed by atoms with van der Waals surface area (Å²) in [6.45, 7) is 1.86. The standard InChI is InChI=1S/C14H14N2O3S/c1-9-16-11(8-20-9)7-12(17)19-13(14(15)18)10-5-3-2-4-6-10/h2-6,8,13H,7H2,1H3,(H2,15,18)/t13-/m0/s1. The molecule has 2 N–H and O–H groups in total. The molecule has 6 heteroatoms. The second kappa shape index (κ2) is 6.29. The summed E-state index contributed by atoms with van der Waals surface area (Å²) in [5.74, 6) is -1.22. The van der Waals surface area contributed by atoms with Crippen LogP contribution in [0.3, 0.4) is 0 Å². The van der Waals surface area contributed by atoms with Gasteiger partial charge in [-0.3, -0.25) is 9.59 Å². The number of rotatable bonds is 5. The summed E-state index contributed by atoms with van der Waals surface area (Å²) in [6.07, 6.45) is -1.04. The molecule has 1 amide bonds. The first kappa shape index (κ1) is 14.2. The van der Waals surface area contributed by atoms with Crippen LogP contribution in [0.4, 0.5) is 0 Å². The SMILES string of the molecule is Cc1nc(CC(=O)O[C@H](C(N)=O)c2ccccc2)cs1. The number of nitrogens with two attached hydrogens (primary N) is 1. The van der Waals surface area contributed by atoms with Gasteiger partial charge in [0.05, 0.1) is 17.1 Å². The molecule has 2 aromatic rings. The number of ether oxygens (including phenoxy) is 1. The Hall–Kier alpha value is -2.21. The van der Waals surface area contributed by atoms with Crippen molar-refractivity contribution < 1.29 is 14.3 Å². The van der Waals surface area contributed by atoms with E-state index in [2.05, 4.69) is 4.98 Å². The fourth-order valence-electron chi connectivity index (χ4n) is 1.73. The van der Waals surface area contributed by atoms with Crippen LogP contribution in [0.25, 0.3) is 0 Å². The molecule has 0 saturated heterocycles. The van der Waals surface area contributed by atoms with Gasteiger partial charge in [0, 0.05) is 10.9 Å². The smallest absolute Gasteiger partial charge is 0.313 e. The molecule has 0 bridgehead atoms. The molecule has 0 radical (unpaired) electrons. The molecular formula is C14H14N2O3S. The minimum absolute atomic E-state index is 0.0287. The van der Waals surface area contributed by atoms with Crippen LogP contribution < -0.4 is 5.73 Å². The highest BCUT2D eigenvalue weighted by atomic mass is 32.1. The number of carbonyl (C=O) groups excluding carboxylic acids is 2. The number of primary amides is 1. The van der Waals surface area contributed by atoms with Crippen LogP contribution in [-0.2, 0) is 20.7 Å². The van der Waals surface area contributed by atoms with Gasteiger partial charge in [0.15, 0.2) is 0 Å². The lowest BCUT2D eigenvalue weighted by atomic mass is 10.1. The molecule has 0 aliphatic heterocycles. The van der Waals surface area contributed by atoms with Gasteiger partial charge in [-0.25, -0.2) is 4.98 Å². The van der Waals surface area contributed by atoms with Crippen molar-refractivity contribution in [1.82, 2.24) is 4.98 Å². The molecule has 1 aromatic heterocycles. The van der Waals surface area contributed by atoms with E-state index in [1.165, 1.54) is 11.3 Å². The van der Waals surface area contributed by atoms with Crippen molar-refractivity contribution in [2.45, 2.75) is 19.4 Å². The highest BCUT2D eigenvalue weighted by molar-refractivity contribution is 7.09. The van der Waals surface area contributed by atoms with Gasteiger partial charge in [-0.2, -0.15) is 0 Å². The maximum Gasteiger partial charge on any atom is 0.313 e. The average Bonchev–Trinajstić information content (AvgIpc) is 2.82. The predicted molar refractivity (Wildman–Crippen MR) is 75.0 cm³/mol. The average molecular weight is 290 g/mol. The number of hydrogen-bond donors (Lipinski definition) is 1. The Morgan fingerprint density at radius 3 is 2.60 bits per heavy atom. The number of nitrogens with zero attached hydrogens (tertiary/aromatic N) is 1. The molecule has 0 unspecified atom stereocenters. The summed E-state index contributed by atoms with van der Waals surface area (Å²) >= 11 is 1.46. The van der Waals surface area contributed by atoms with Gasteiger partial charge >= 0.3 is 5.97 Å². The molecule has 5 nitrogen and oxygen atoms in total. The van der Waals surface area contributed by atoms with E-state index in [4.69, 9.17) is 10.5 Å². The number of benzene rings is 1. The van der Waals surface area contributed by atoms with Crippen molar-refractivity contribution in [3.63, 3.8) is 0 Å². The van der Waals surface area contributed by atoms with Crippen LogP contribution in [0.15, 0.2) is 35.7 Å². The minimum Gasteiger partial charge on any atom is -0.447 e. The van der Waals surface area contributed by atoms with Crippen molar-refractivity contribution in [3.05, 3.63) is 52.0 Å². The topological polar surface area (TPSA) is 82.3 Å². The summed E-state index contributed by atoms with van der Waals surface area (Å²) in [5.41, 5.74) is 6.48. The molecule has 2 rings (SSSR count). The van der Waals surface area contributed by atoms with E-state index >= 15 is 0 Å². The van der Waals surface area contributed by atoms with E-state index < -0.39 is 18.0 Å². The van der Waals surface area contributed by atoms with Gasteiger partial charge in [0.2, 0.25) is 6.10 Å². The van der Waals surface area contributed by atoms with Gasteiger partial charge in [0.1, 0.15) is 0 Å². The fraction of sp³-hybridized carbons (Fsp3) is 0.214. The summed E-state index contributed by atoms with van der Waals surface area (Å²) in [4.78, 5) is 27.4. The maximum absolute atomic E-state index is 11.8. The lowest BCUT2D eigenvalue weighted by molar-refractivity contribution is -0.154. The van der Waals surface area contributed by atoms with E-state index in [0.717, 1.165) is 5.01 Å². The molecule has 0 fully saturated rings. The Kier molecular flexibility index (Phi) is 4.47. The number of carbonyl (C=O) groups is 2. The zero-order valence-electron chi connectivity index (χ0n) is 10.9. The lowest BCUT2D eigenvalue weighted by Crippen LogP contribution is -2.26. The van der Waals surface area contributed by atoms with Crippen LogP contribution in [0.5, 0.6) is 0 Å². The number of thiazole rings is 1. The third kappa shape index (κ3) is 3.64. The summed E-state index contributed by atoms with van der Waals surface area (Å²) in [5, 5.41) is 2.67. The first-order valence-corrected chi connectivity index (χ1v) is 6.89. The van der Waals surface area contributed by atoms with Gasteiger partial charge in [-0.15, -0.1) is 11.3 Å². The van der Waals surface area contributed by atoms with Crippen molar-refractivity contribution >= 4 is 23.2 Å². The third-order valence-electron chi connectivity index (χ3n) is 2.60. The van der Waals surface area contributed by atoms with Crippen molar-refractivity contribution in [3.8, 4) is 0 Å². The zero-order chi connectivity index (χ0) is 14.5. The molecular weight excluding hydrogens is 276 g/mol. The van der Waals surface area contributed by atoms with Gasteiger partial charge in [0.25, 0.3) is 5.91 Å². The molecule has 0 aliphatic rings. The molecule has 1 aromatic carbocycles. The summed E-state index contributed by atoms with van der Waals surface area (Å²) in [6, 6.07) is 8.69. The second-order valence-corrected chi connectivity index (χ2v) is 5.28. The maximum atomic E-state index is 11.8. The fourth-order valence-corrected chi connectivity index (χ4v) is 2.34. The number of amides is 1. The molecule has 1 atom stereocenters. The van der Waals surface area contributed by atoms with Gasteiger partial charge in [-0.1, -0.05) is 30.3 Å². The van der Waals surface area contributed by atoms with Crippen LogP contribution in [0, 0.1) is 6.92 Å². The van der Waals surface area contributed by atoms with E-state index in [-0.39, 0.29) is 6.42 Å². The van der Waals surface area contributed by atoms with Crippen LogP contribution in [0.2, 0.25) is 0 Å².